The molecule has 1 aromatic rings. The van der Waals surface area contributed by atoms with E-state index >= 15 is 0 Å². The van der Waals surface area contributed by atoms with E-state index < -0.39 is 0 Å². The van der Waals surface area contributed by atoms with Crippen LogP contribution in [0.5, 0.6) is 0 Å². The zero-order valence-electron chi connectivity index (χ0n) is 15.9. The highest BCUT2D eigenvalue weighted by Gasteiger charge is 2.36. The first-order valence-electron chi connectivity index (χ1n) is 9.16. The zero-order chi connectivity index (χ0) is 19.1. The van der Waals surface area contributed by atoms with E-state index in [0.717, 1.165) is 29.8 Å². The van der Waals surface area contributed by atoms with Gasteiger partial charge in [-0.05, 0) is 31.6 Å². The van der Waals surface area contributed by atoms with Crippen LogP contribution in [0.1, 0.15) is 46.1 Å². The number of thioether (sulfide) groups is 1. The Balaban J connectivity index is 2.61. The predicted molar refractivity (Wildman–Crippen MR) is 107 cm³/mol. The number of hydrogen-bond acceptors (Lipinski definition) is 5. The lowest BCUT2D eigenvalue weighted by Crippen LogP contribution is -2.32. The quantitative estimate of drug-likeness (QED) is 0.712. The van der Waals surface area contributed by atoms with E-state index in [0.29, 0.717) is 23.5 Å². The van der Waals surface area contributed by atoms with Crippen molar-refractivity contribution in [3.8, 4) is 0 Å². The van der Waals surface area contributed by atoms with Crippen molar-refractivity contribution < 1.29 is 14.3 Å². The second-order valence-corrected chi connectivity index (χ2v) is 7.34. The first-order valence-corrected chi connectivity index (χ1v) is 10.1. The normalized spacial score (nSPS) is 17.2. The van der Waals surface area contributed by atoms with E-state index in [1.54, 1.807) is 6.92 Å². The topological polar surface area (TPSA) is 55.4 Å². The molecule has 140 valence electrons. The van der Waals surface area contributed by atoms with E-state index in [4.69, 9.17) is 4.74 Å². The predicted octanol–water partition coefficient (Wildman–Crippen LogP) is 4.53. The fourth-order valence-electron chi connectivity index (χ4n) is 3.27. The molecule has 0 saturated heterocycles. The van der Waals surface area contributed by atoms with Crippen molar-refractivity contribution in [2.75, 3.05) is 12.4 Å². The summed E-state index contributed by atoms with van der Waals surface area (Å²) >= 11 is 1.28. The smallest absolute Gasteiger partial charge is 0.336 e. The molecule has 0 aliphatic carbocycles. The summed E-state index contributed by atoms with van der Waals surface area (Å²) in [5, 5.41) is 3.36. The Bertz CT molecular complexity index is 722. The fourth-order valence-corrected chi connectivity index (χ4v) is 3.98. The van der Waals surface area contributed by atoms with Gasteiger partial charge in [-0.1, -0.05) is 62.4 Å². The summed E-state index contributed by atoms with van der Waals surface area (Å²) in [7, 11) is 0. The van der Waals surface area contributed by atoms with Gasteiger partial charge in [-0.3, -0.25) is 4.79 Å². The fraction of sp³-hybridized carbons (Fsp3) is 0.429. The lowest BCUT2D eigenvalue weighted by molar-refractivity contribution is -0.139. The highest BCUT2D eigenvalue weighted by atomic mass is 32.2. The van der Waals surface area contributed by atoms with E-state index in [2.05, 4.69) is 12.2 Å². The average molecular weight is 374 g/mol. The summed E-state index contributed by atoms with van der Waals surface area (Å²) in [5.74, 6) is 0.108. The second kappa shape index (κ2) is 9.62. The molecule has 0 spiro atoms. The third kappa shape index (κ3) is 4.39. The Labute approximate surface area is 160 Å². The SMILES string of the molecule is CCC[C@H]1C(C(=O)SCC)=C(C)NC(c2ccccc2)=C1C(=O)OCC. The minimum atomic E-state index is -0.350. The van der Waals surface area contributed by atoms with Crippen molar-refractivity contribution in [2.45, 2.75) is 40.5 Å². The number of esters is 1. The van der Waals surface area contributed by atoms with Gasteiger partial charge in [-0.2, -0.15) is 0 Å². The van der Waals surface area contributed by atoms with Crippen LogP contribution in [0.2, 0.25) is 0 Å². The lowest BCUT2D eigenvalue weighted by Gasteiger charge is -2.31. The largest absolute Gasteiger partial charge is 0.463 e. The molecular formula is C21H27NO3S. The van der Waals surface area contributed by atoms with Crippen LogP contribution in [0.4, 0.5) is 0 Å². The van der Waals surface area contributed by atoms with Crippen LogP contribution in [0.3, 0.4) is 0 Å². The molecule has 0 fully saturated rings. The molecule has 0 radical (unpaired) electrons. The highest BCUT2D eigenvalue weighted by molar-refractivity contribution is 8.14. The van der Waals surface area contributed by atoms with Crippen molar-refractivity contribution in [2.24, 2.45) is 5.92 Å². The average Bonchev–Trinajstić information content (AvgIpc) is 2.62. The number of rotatable bonds is 7. The molecule has 0 aromatic heterocycles. The van der Waals surface area contributed by atoms with Gasteiger partial charge in [0.25, 0.3) is 0 Å². The molecule has 0 bridgehead atoms. The van der Waals surface area contributed by atoms with Gasteiger partial charge in [0.2, 0.25) is 5.12 Å². The number of carbonyl (C=O) groups is 2. The molecule has 2 rings (SSSR count). The molecule has 26 heavy (non-hydrogen) atoms. The number of carbonyl (C=O) groups excluding carboxylic acids is 2. The van der Waals surface area contributed by atoms with Crippen LogP contribution in [0.25, 0.3) is 5.70 Å². The standard InChI is InChI=1S/C21H27NO3S/c1-5-11-16-17(21(24)26-7-3)14(4)22-19(15-12-9-8-10-13-15)18(16)20(23)25-6-2/h8-10,12-13,16,22H,5-7,11H2,1-4H3/t16-/m0/s1. The van der Waals surface area contributed by atoms with Gasteiger partial charge in [0, 0.05) is 17.2 Å². The van der Waals surface area contributed by atoms with Crippen LogP contribution in [0, 0.1) is 5.92 Å². The zero-order valence-corrected chi connectivity index (χ0v) is 16.7. The van der Waals surface area contributed by atoms with Crippen LogP contribution in [-0.2, 0) is 14.3 Å². The maximum atomic E-state index is 12.8. The van der Waals surface area contributed by atoms with Gasteiger partial charge >= 0.3 is 5.97 Å². The first kappa shape index (κ1) is 20.3. The number of ether oxygens (including phenoxy) is 1. The molecule has 0 unspecified atom stereocenters. The number of nitrogens with one attached hydrogen (secondary N) is 1. The van der Waals surface area contributed by atoms with Crippen LogP contribution < -0.4 is 5.32 Å². The molecule has 0 saturated carbocycles. The molecule has 5 heteroatoms. The van der Waals surface area contributed by atoms with E-state index in [1.807, 2.05) is 44.2 Å². The molecule has 4 nitrogen and oxygen atoms in total. The number of dihydropyridines is 1. The number of allylic oxidation sites excluding steroid dienone is 1. The third-order valence-electron chi connectivity index (χ3n) is 4.31. The Morgan fingerprint density at radius 1 is 1.12 bits per heavy atom. The van der Waals surface area contributed by atoms with Gasteiger partial charge in [-0.15, -0.1) is 0 Å². The Morgan fingerprint density at radius 2 is 1.81 bits per heavy atom. The summed E-state index contributed by atoms with van der Waals surface area (Å²) in [6, 6.07) is 9.75. The van der Waals surface area contributed by atoms with Gasteiger partial charge in [0.1, 0.15) is 0 Å². The van der Waals surface area contributed by atoms with Crippen LogP contribution in [-0.4, -0.2) is 23.4 Å². The summed E-state index contributed by atoms with van der Waals surface area (Å²) < 4.78 is 5.36. The van der Waals surface area contributed by atoms with Crippen LogP contribution >= 0.6 is 11.8 Å². The molecule has 1 N–H and O–H groups in total. The van der Waals surface area contributed by atoms with E-state index in [-0.39, 0.29) is 17.0 Å². The molecule has 0 amide bonds. The monoisotopic (exact) mass is 373 g/mol. The Kier molecular flexibility index (Phi) is 7.51. The molecule has 1 heterocycles. The molecule has 1 aliphatic rings. The van der Waals surface area contributed by atoms with Crippen molar-refractivity contribution in [1.29, 1.82) is 0 Å². The lowest BCUT2D eigenvalue weighted by atomic mass is 9.81. The summed E-state index contributed by atoms with van der Waals surface area (Å²) in [4.78, 5) is 25.6. The van der Waals surface area contributed by atoms with Crippen molar-refractivity contribution in [1.82, 2.24) is 5.32 Å². The summed E-state index contributed by atoms with van der Waals surface area (Å²) in [5.41, 5.74) is 3.75. The van der Waals surface area contributed by atoms with Gasteiger partial charge in [-0.25, -0.2) is 4.79 Å². The van der Waals surface area contributed by atoms with Gasteiger partial charge in [0.05, 0.1) is 17.9 Å². The van der Waals surface area contributed by atoms with Crippen molar-refractivity contribution >= 4 is 28.5 Å². The first-order chi connectivity index (χ1) is 12.5. The Hall–Kier alpha value is -2.01. The highest BCUT2D eigenvalue weighted by Crippen LogP contribution is 2.39. The number of benzene rings is 1. The molecule has 1 atom stereocenters. The Morgan fingerprint density at radius 3 is 2.38 bits per heavy atom. The van der Waals surface area contributed by atoms with Gasteiger partial charge < -0.3 is 10.1 Å². The summed E-state index contributed by atoms with van der Waals surface area (Å²) in [6.45, 7) is 8.04. The van der Waals surface area contributed by atoms with Gasteiger partial charge in [0.15, 0.2) is 0 Å². The van der Waals surface area contributed by atoms with Crippen molar-refractivity contribution in [3.05, 3.63) is 52.7 Å². The molecule has 1 aliphatic heterocycles. The maximum absolute atomic E-state index is 12.8. The third-order valence-corrected chi connectivity index (χ3v) is 5.08. The van der Waals surface area contributed by atoms with E-state index in [9.17, 15) is 9.59 Å². The minimum Gasteiger partial charge on any atom is -0.463 e. The molecule has 1 aromatic carbocycles. The number of hydrogen-bond donors (Lipinski definition) is 1. The summed E-state index contributed by atoms with van der Waals surface area (Å²) in [6.07, 6.45) is 1.60. The van der Waals surface area contributed by atoms with Crippen LogP contribution in [0.15, 0.2) is 47.2 Å². The molecular weight excluding hydrogens is 346 g/mol. The second-order valence-electron chi connectivity index (χ2n) is 6.10. The maximum Gasteiger partial charge on any atom is 0.336 e. The minimum absolute atomic E-state index is 0.0323. The van der Waals surface area contributed by atoms with Crippen molar-refractivity contribution in [3.63, 3.8) is 0 Å². The van der Waals surface area contributed by atoms with E-state index in [1.165, 1.54) is 11.8 Å².